The van der Waals surface area contributed by atoms with Gasteiger partial charge in [-0.15, -0.1) is 0 Å². The average Bonchev–Trinajstić information content (AvgIpc) is 3.11. The molecule has 2 N–H and O–H groups in total. The maximum Gasteiger partial charge on any atom is 0.272 e. The van der Waals surface area contributed by atoms with Crippen molar-refractivity contribution in [1.29, 1.82) is 0 Å². The van der Waals surface area contributed by atoms with E-state index in [0.29, 0.717) is 22.3 Å². The fourth-order valence-corrected chi connectivity index (χ4v) is 4.22. The Balaban J connectivity index is 1.60. The van der Waals surface area contributed by atoms with Gasteiger partial charge in [0, 0.05) is 17.6 Å². The monoisotopic (exact) mass is 303 g/mol. The standard InChI is InChI=1S/C16H18ClN3O/c17-12-9-10-4-8-18-13(10)14(20-12)15(21)19-11-3-7-16(11)5-1-2-6-16/h4,8-9,11,18H,1-3,5-7H2,(H,19,21). The van der Waals surface area contributed by atoms with Gasteiger partial charge in [-0.25, -0.2) is 4.98 Å². The van der Waals surface area contributed by atoms with Gasteiger partial charge in [-0.2, -0.15) is 0 Å². The normalized spacial score (nSPS) is 23.4. The average molecular weight is 304 g/mol. The molecular formula is C16H18ClN3O. The molecule has 1 amide bonds. The number of nitrogens with one attached hydrogen (secondary N) is 2. The second-order valence-corrected chi connectivity index (χ2v) is 6.76. The Kier molecular flexibility index (Phi) is 2.96. The number of aromatic nitrogens is 2. The Morgan fingerprint density at radius 2 is 2.19 bits per heavy atom. The molecule has 2 aliphatic carbocycles. The van der Waals surface area contributed by atoms with Crippen LogP contribution in [0.2, 0.25) is 5.15 Å². The van der Waals surface area contributed by atoms with Crippen LogP contribution in [0.5, 0.6) is 0 Å². The van der Waals surface area contributed by atoms with Crippen LogP contribution in [-0.4, -0.2) is 21.9 Å². The minimum absolute atomic E-state index is 0.110. The SMILES string of the molecule is O=C(NC1CCC12CCCC2)c1nc(Cl)cc2cc[nH]c12. The van der Waals surface area contributed by atoms with Crippen LogP contribution in [0.25, 0.3) is 10.9 Å². The van der Waals surface area contributed by atoms with E-state index in [1.807, 2.05) is 6.07 Å². The van der Waals surface area contributed by atoms with Crippen LogP contribution < -0.4 is 5.32 Å². The van der Waals surface area contributed by atoms with E-state index in [1.165, 1.54) is 32.1 Å². The fourth-order valence-electron chi connectivity index (χ4n) is 4.02. The zero-order valence-electron chi connectivity index (χ0n) is 11.8. The summed E-state index contributed by atoms with van der Waals surface area (Å²) in [5, 5.41) is 4.47. The summed E-state index contributed by atoms with van der Waals surface area (Å²) in [6, 6.07) is 3.98. The van der Waals surface area contributed by atoms with E-state index in [4.69, 9.17) is 11.6 Å². The van der Waals surface area contributed by atoms with E-state index < -0.39 is 0 Å². The Hall–Kier alpha value is -1.55. The number of H-pyrrole nitrogens is 1. The van der Waals surface area contributed by atoms with Crippen LogP contribution in [0.15, 0.2) is 18.3 Å². The van der Waals surface area contributed by atoms with E-state index in [0.717, 1.165) is 17.3 Å². The van der Waals surface area contributed by atoms with Gasteiger partial charge in [0.1, 0.15) is 5.15 Å². The Labute approximate surface area is 128 Å². The molecule has 4 nitrogen and oxygen atoms in total. The number of halogens is 1. The molecule has 1 spiro atoms. The molecule has 2 aromatic heterocycles. The van der Waals surface area contributed by atoms with Gasteiger partial charge in [0.15, 0.2) is 5.69 Å². The number of nitrogens with zero attached hydrogens (tertiary/aromatic N) is 1. The number of carbonyl (C=O) groups excluding carboxylic acids is 1. The highest BCUT2D eigenvalue weighted by Crippen LogP contribution is 2.53. The first-order chi connectivity index (χ1) is 10.2. The molecule has 2 heterocycles. The lowest BCUT2D eigenvalue weighted by molar-refractivity contribution is 0.0580. The predicted molar refractivity (Wildman–Crippen MR) is 82.5 cm³/mol. The van der Waals surface area contributed by atoms with Crippen LogP contribution in [0.3, 0.4) is 0 Å². The van der Waals surface area contributed by atoms with Gasteiger partial charge >= 0.3 is 0 Å². The first kappa shape index (κ1) is 13.1. The number of rotatable bonds is 2. The molecule has 110 valence electrons. The van der Waals surface area contributed by atoms with Crippen LogP contribution in [0.1, 0.15) is 49.0 Å². The summed E-state index contributed by atoms with van der Waals surface area (Å²) in [5.41, 5.74) is 1.53. The molecule has 0 radical (unpaired) electrons. The highest BCUT2D eigenvalue weighted by Gasteiger charge is 2.48. The summed E-state index contributed by atoms with van der Waals surface area (Å²) in [5.74, 6) is -0.110. The van der Waals surface area contributed by atoms with E-state index in [9.17, 15) is 4.79 Å². The fraction of sp³-hybridized carbons (Fsp3) is 0.500. The number of amides is 1. The minimum atomic E-state index is -0.110. The summed E-state index contributed by atoms with van der Waals surface area (Å²) in [6.45, 7) is 0. The van der Waals surface area contributed by atoms with Gasteiger partial charge in [-0.3, -0.25) is 4.79 Å². The van der Waals surface area contributed by atoms with Crippen molar-refractivity contribution in [1.82, 2.24) is 15.3 Å². The number of hydrogen-bond acceptors (Lipinski definition) is 2. The third kappa shape index (κ3) is 2.04. The van der Waals surface area contributed by atoms with Crippen molar-refractivity contribution in [3.05, 3.63) is 29.2 Å². The van der Waals surface area contributed by atoms with Crippen molar-refractivity contribution in [2.24, 2.45) is 5.41 Å². The van der Waals surface area contributed by atoms with Crippen LogP contribution in [0, 0.1) is 5.41 Å². The maximum atomic E-state index is 12.6. The van der Waals surface area contributed by atoms with Gasteiger partial charge in [0.05, 0.1) is 5.52 Å². The number of hydrogen-bond donors (Lipinski definition) is 2. The molecule has 0 aliphatic heterocycles. The second kappa shape index (κ2) is 4.73. The lowest BCUT2D eigenvalue weighted by Crippen LogP contribution is -2.54. The summed E-state index contributed by atoms with van der Waals surface area (Å²) >= 11 is 6.02. The first-order valence-electron chi connectivity index (χ1n) is 7.62. The minimum Gasteiger partial charge on any atom is -0.359 e. The molecule has 21 heavy (non-hydrogen) atoms. The largest absolute Gasteiger partial charge is 0.359 e. The molecule has 1 atom stereocenters. The molecule has 2 saturated carbocycles. The second-order valence-electron chi connectivity index (χ2n) is 6.37. The number of pyridine rings is 1. The van der Waals surface area contributed by atoms with Gasteiger partial charge in [0.25, 0.3) is 5.91 Å². The van der Waals surface area contributed by atoms with E-state index in [2.05, 4.69) is 15.3 Å². The number of carbonyl (C=O) groups is 1. The van der Waals surface area contributed by atoms with Crippen molar-refractivity contribution in [2.45, 2.75) is 44.6 Å². The van der Waals surface area contributed by atoms with Gasteiger partial charge < -0.3 is 10.3 Å². The molecule has 1 unspecified atom stereocenters. The summed E-state index contributed by atoms with van der Waals surface area (Å²) in [6.07, 6.45) is 9.23. The summed E-state index contributed by atoms with van der Waals surface area (Å²) in [7, 11) is 0. The maximum absolute atomic E-state index is 12.6. The number of aromatic amines is 1. The molecule has 2 aliphatic rings. The van der Waals surface area contributed by atoms with Gasteiger partial charge in [0.2, 0.25) is 0 Å². The van der Waals surface area contributed by atoms with Gasteiger partial charge in [-0.05, 0) is 43.2 Å². The predicted octanol–water partition coefficient (Wildman–Crippen LogP) is 3.67. The Morgan fingerprint density at radius 3 is 2.90 bits per heavy atom. The van der Waals surface area contributed by atoms with Crippen molar-refractivity contribution < 1.29 is 4.79 Å². The quantitative estimate of drug-likeness (QED) is 0.832. The van der Waals surface area contributed by atoms with Crippen LogP contribution in [-0.2, 0) is 0 Å². The van der Waals surface area contributed by atoms with E-state index >= 15 is 0 Å². The Morgan fingerprint density at radius 1 is 1.38 bits per heavy atom. The highest BCUT2D eigenvalue weighted by atomic mass is 35.5. The third-order valence-electron chi connectivity index (χ3n) is 5.30. The van der Waals surface area contributed by atoms with Crippen molar-refractivity contribution in [2.75, 3.05) is 0 Å². The molecule has 0 bridgehead atoms. The highest BCUT2D eigenvalue weighted by molar-refractivity contribution is 6.30. The van der Waals surface area contributed by atoms with Crippen LogP contribution >= 0.6 is 11.6 Å². The van der Waals surface area contributed by atoms with Crippen molar-refractivity contribution >= 4 is 28.4 Å². The van der Waals surface area contributed by atoms with Crippen LogP contribution in [0.4, 0.5) is 0 Å². The first-order valence-corrected chi connectivity index (χ1v) is 8.00. The molecule has 0 saturated heterocycles. The summed E-state index contributed by atoms with van der Waals surface area (Å²) in [4.78, 5) is 19.9. The summed E-state index contributed by atoms with van der Waals surface area (Å²) < 4.78 is 0. The van der Waals surface area contributed by atoms with E-state index in [1.54, 1.807) is 12.3 Å². The van der Waals surface area contributed by atoms with Crippen molar-refractivity contribution in [3.8, 4) is 0 Å². The Bertz CT molecular complexity index is 703. The third-order valence-corrected chi connectivity index (χ3v) is 5.49. The zero-order chi connectivity index (χ0) is 14.4. The molecule has 2 aromatic rings. The van der Waals surface area contributed by atoms with Gasteiger partial charge in [-0.1, -0.05) is 24.4 Å². The van der Waals surface area contributed by atoms with E-state index in [-0.39, 0.29) is 5.91 Å². The smallest absolute Gasteiger partial charge is 0.272 e. The lowest BCUT2D eigenvalue weighted by atomic mass is 9.63. The zero-order valence-corrected chi connectivity index (χ0v) is 12.5. The molecule has 2 fully saturated rings. The topological polar surface area (TPSA) is 57.8 Å². The molecule has 0 aromatic carbocycles. The molecular weight excluding hydrogens is 286 g/mol. The lowest BCUT2D eigenvalue weighted by Gasteiger charge is -2.47. The molecule has 5 heteroatoms. The van der Waals surface area contributed by atoms with Crippen molar-refractivity contribution in [3.63, 3.8) is 0 Å². The number of fused-ring (bicyclic) bond motifs is 1. The molecule has 4 rings (SSSR count).